The highest BCUT2D eigenvalue weighted by atomic mass is 16.3. The lowest BCUT2D eigenvalue weighted by atomic mass is 9.83. The van der Waals surface area contributed by atoms with Crippen LogP contribution in [0.25, 0.3) is 72.7 Å². The first-order valence-corrected chi connectivity index (χ1v) is 21.5. The molecule has 0 bridgehead atoms. The molecule has 8 aromatic rings. The lowest BCUT2D eigenvalue weighted by molar-refractivity contribution is 0.448. The molecule has 4 nitrogen and oxygen atoms in total. The van der Waals surface area contributed by atoms with Crippen molar-refractivity contribution < 1.29 is 22.9 Å². The molecule has 0 saturated heterocycles. The normalized spacial score (nSPS) is 16.0. The molecule has 2 aromatic heterocycles. The van der Waals surface area contributed by atoms with Crippen LogP contribution in [0.3, 0.4) is 0 Å². The van der Waals surface area contributed by atoms with Crippen molar-refractivity contribution in [2.24, 2.45) is 5.92 Å². The molecule has 2 heterocycles. The van der Waals surface area contributed by atoms with Crippen LogP contribution in [0.4, 0.5) is 0 Å². The van der Waals surface area contributed by atoms with E-state index in [0.717, 1.165) is 56.6 Å². The van der Waals surface area contributed by atoms with Gasteiger partial charge >= 0.3 is 0 Å². The molecule has 0 aliphatic heterocycles. The Kier molecular flexibility index (Phi) is 7.82. The highest BCUT2D eigenvalue weighted by Gasteiger charge is 2.27. The zero-order chi connectivity index (χ0) is 56.0. The molecule has 0 amide bonds. The second kappa shape index (κ2) is 16.5. The second-order valence-electron chi connectivity index (χ2n) is 19.2. The lowest BCUT2D eigenvalue weighted by Gasteiger charge is -2.23. The summed E-state index contributed by atoms with van der Waals surface area (Å²) in [5.74, 6) is 1.10. The van der Waals surface area contributed by atoms with Gasteiger partial charge in [-0.15, -0.1) is 0 Å². The molecule has 0 unspecified atom stereocenters. The number of rotatable bonds is 8. The van der Waals surface area contributed by atoms with E-state index in [2.05, 4.69) is 96.4 Å². The van der Waals surface area contributed by atoms with Crippen LogP contribution in [0.1, 0.15) is 122 Å². The largest absolute Gasteiger partial charge is 0.507 e. The predicted octanol–water partition coefficient (Wildman–Crippen LogP) is 15.9. The van der Waals surface area contributed by atoms with Crippen molar-refractivity contribution in [3.8, 4) is 67.5 Å². The van der Waals surface area contributed by atoms with E-state index in [-0.39, 0.29) is 16.9 Å². The maximum absolute atomic E-state index is 12.3. The van der Waals surface area contributed by atoms with Crippen LogP contribution in [-0.4, -0.2) is 19.6 Å². The van der Waals surface area contributed by atoms with Gasteiger partial charge in [0, 0.05) is 40.8 Å². The van der Waals surface area contributed by atoms with Crippen molar-refractivity contribution in [3.05, 3.63) is 167 Å². The minimum Gasteiger partial charge on any atom is -0.507 e. The number of hydrogen-bond acceptors (Lipinski definition) is 3. The molecule has 4 heteroatoms. The summed E-state index contributed by atoms with van der Waals surface area (Å²) in [6.45, 7) is 7.47. The molecule has 0 atom stereocenters. The van der Waals surface area contributed by atoms with Crippen LogP contribution in [-0.2, 0) is 22.7 Å². The summed E-state index contributed by atoms with van der Waals surface area (Å²) in [5, 5.41) is 12.3. The van der Waals surface area contributed by atoms with Crippen molar-refractivity contribution in [2.75, 3.05) is 0 Å². The van der Waals surface area contributed by atoms with E-state index in [4.69, 9.17) is 27.8 Å². The number of phenols is 1. The van der Waals surface area contributed by atoms with Crippen molar-refractivity contribution in [2.45, 2.75) is 106 Å². The summed E-state index contributed by atoms with van der Waals surface area (Å²) in [5.41, 5.74) is 5.37. The Morgan fingerprint density at radius 3 is 2.05 bits per heavy atom. The van der Waals surface area contributed by atoms with Crippen molar-refractivity contribution >= 4 is 11.0 Å². The van der Waals surface area contributed by atoms with Gasteiger partial charge in [0.25, 0.3) is 0 Å². The number of pyridine rings is 1. The van der Waals surface area contributed by atoms with Gasteiger partial charge < -0.3 is 5.11 Å². The van der Waals surface area contributed by atoms with Crippen molar-refractivity contribution in [1.29, 1.82) is 0 Å². The second-order valence-corrected chi connectivity index (χ2v) is 19.2. The van der Waals surface area contributed by atoms with Crippen LogP contribution in [0, 0.1) is 12.8 Å². The maximum atomic E-state index is 12.3. The number of nitrogens with zero attached hydrogens (tertiary/aromatic N) is 3. The molecule has 0 saturated carbocycles. The average molecular weight is 843 g/mol. The lowest BCUT2D eigenvalue weighted by Crippen LogP contribution is -2.12. The smallest absolute Gasteiger partial charge is 0.149 e. The number of fused-ring (bicyclic) bond motifs is 1. The number of hydrogen-bond donors (Lipinski definition) is 1. The monoisotopic (exact) mass is 843 g/mol. The van der Waals surface area contributed by atoms with Gasteiger partial charge in [-0.1, -0.05) is 161 Å². The first kappa shape index (κ1) is 29.9. The van der Waals surface area contributed by atoms with E-state index in [0.29, 0.717) is 34.1 Å². The number of aromatic hydroxyl groups is 1. The molecular formula is C59H63N3O. The molecule has 0 aliphatic carbocycles. The topological polar surface area (TPSA) is 50.9 Å². The van der Waals surface area contributed by atoms with E-state index < -0.39 is 66.5 Å². The van der Waals surface area contributed by atoms with Crippen LogP contribution in [0.5, 0.6) is 5.75 Å². The number of para-hydroxylation sites is 1. The molecule has 0 aliphatic rings. The van der Waals surface area contributed by atoms with Crippen LogP contribution in [0.2, 0.25) is 0 Å². The molecule has 0 spiro atoms. The Bertz CT molecular complexity index is 3470. The van der Waals surface area contributed by atoms with Crippen molar-refractivity contribution in [3.63, 3.8) is 0 Å². The van der Waals surface area contributed by atoms with Crippen LogP contribution >= 0.6 is 0 Å². The Morgan fingerprint density at radius 2 is 1.37 bits per heavy atom. The fourth-order valence-electron chi connectivity index (χ4n) is 8.26. The van der Waals surface area contributed by atoms with Gasteiger partial charge in [0.2, 0.25) is 0 Å². The molecule has 1 N–H and O–H groups in total. The molecule has 6 aromatic carbocycles. The van der Waals surface area contributed by atoms with Gasteiger partial charge in [0.15, 0.2) is 0 Å². The van der Waals surface area contributed by atoms with E-state index in [9.17, 15) is 5.11 Å². The van der Waals surface area contributed by atoms with Gasteiger partial charge in [-0.3, -0.25) is 9.55 Å². The predicted molar refractivity (Wildman–Crippen MR) is 267 cm³/mol. The van der Waals surface area contributed by atoms with Crippen LogP contribution < -0.4 is 0 Å². The maximum Gasteiger partial charge on any atom is 0.149 e. The average Bonchev–Trinajstić information content (AvgIpc) is 3.72. The van der Waals surface area contributed by atoms with Gasteiger partial charge in [-0.2, -0.15) is 0 Å². The minimum atomic E-state index is -3.80. The molecule has 63 heavy (non-hydrogen) atoms. The summed E-state index contributed by atoms with van der Waals surface area (Å²) < 4.78 is 113. The number of aryl methyl sites for hydroxylation is 1. The van der Waals surface area contributed by atoms with Crippen LogP contribution in [0.15, 0.2) is 140 Å². The SMILES string of the molecule is [2H]c1c([2H])c(C(C([2H])([2H])[2H])(C([2H])([2H])[2H])C([2H])([2H])[2H])c([2H])c([2H])c1-c1ccnc(-c2cc(-c3cccc4c3nc(-c3cc(C)cc(C(C)(C)C)c3O)n4-c3ccc(CC(C)C)cc3-c3ccccc3)cc(C(C)(C)C)c2)c1. The number of phenolic OH excluding ortho intramolecular Hbond substituents is 1. The van der Waals surface area contributed by atoms with E-state index in [1.54, 1.807) is 6.07 Å². The number of aromatic nitrogens is 3. The van der Waals surface area contributed by atoms with E-state index in [1.807, 2.05) is 67.6 Å². The first-order valence-electron chi connectivity index (χ1n) is 28.0. The van der Waals surface area contributed by atoms with Gasteiger partial charge in [-0.05, 0) is 129 Å². The zero-order valence-corrected chi connectivity index (χ0v) is 37.5. The molecular weight excluding hydrogens is 767 g/mol. The third kappa shape index (κ3) is 8.87. The van der Waals surface area contributed by atoms with E-state index in [1.165, 1.54) is 17.8 Å². The molecule has 0 radical (unpaired) electrons. The fourth-order valence-corrected chi connectivity index (χ4v) is 8.26. The van der Waals surface area contributed by atoms with E-state index >= 15 is 0 Å². The van der Waals surface area contributed by atoms with Gasteiger partial charge in [0.1, 0.15) is 11.6 Å². The first-order chi connectivity index (χ1) is 35.2. The Labute approximate surface area is 394 Å². The Balaban J connectivity index is 1.39. The van der Waals surface area contributed by atoms with Crippen molar-refractivity contribution in [1.82, 2.24) is 14.5 Å². The zero-order valence-electron chi connectivity index (χ0n) is 50.5. The molecule has 320 valence electrons. The highest BCUT2D eigenvalue weighted by molar-refractivity contribution is 5.98. The standard InChI is InChI=1S/C59H63N3O/c1-37(2)29-39-21-26-52(48(32-39)41-17-14-13-15-18-41)62-53-20-16-19-47(54(53)61-56(62)49-30-38(3)31-50(55(49)63)59(10,11)12)43-33-44(35-46(34-43)58(7,8)9)51-36-42(27-28-60-51)40-22-24-45(25-23-40)57(4,5)6/h13-28,30-37,63H,29H2,1-12H3/i4D3,5D3,6D3,22D,23D,24D,25D. The minimum absolute atomic E-state index is 0.138. The summed E-state index contributed by atoms with van der Waals surface area (Å²) in [4.78, 5) is 10.3. The highest BCUT2D eigenvalue weighted by Crippen LogP contribution is 2.45. The molecule has 0 fully saturated rings. The summed E-state index contributed by atoms with van der Waals surface area (Å²) in [6, 6.07) is 32.1. The summed E-state index contributed by atoms with van der Waals surface area (Å²) >= 11 is 0. The number of imidazole rings is 1. The Morgan fingerprint density at radius 1 is 0.635 bits per heavy atom. The van der Waals surface area contributed by atoms with Gasteiger partial charge in [-0.25, -0.2) is 4.98 Å². The summed E-state index contributed by atoms with van der Waals surface area (Å²) in [7, 11) is 0. The Hall–Kier alpha value is -6.26. The quantitative estimate of drug-likeness (QED) is 0.166. The molecule has 8 rings (SSSR count). The third-order valence-electron chi connectivity index (χ3n) is 11.5. The third-order valence-corrected chi connectivity index (χ3v) is 11.5. The number of benzene rings is 6. The fraction of sp³-hybridized carbons (Fsp3) is 0.288. The summed E-state index contributed by atoms with van der Waals surface area (Å²) in [6.07, 6.45) is 2.32. The van der Waals surface area contributed by atoms with Gasteiger partial charge in [0.05, 0.1) is 33.5 Å².